The molecule has 0 saturated carbocycles. The Bertz CT molecular complexity index is 672. The Morgan fingerprint density at radius 1 is 0.958 bits per heavy atom. The quantitative estimate of drug-likeness (QED) is 0.661. The van der Waals surface area contributed by atoms with Crippen molar-refractivity contribution < 1.29 is 27.4 Å². The Kier molecular flexibility index (Phi) is 6.62. The van der Waals surface area contributed by atoms with Crippen LogP contribution in [0.15, 0.2) is 48.5 Å². The predicted molar refractivity (Wildman–Crippen MR) is 84.2 cm³/mol. The van der Waals surface area contributed by atoms with Crippen molar-refractivity contribution in [2.75, 3.05) is 0 Å². The number of benzene rings is 2. The fraction of sp³-hybridized carbons (Fsp3) is 0.188. The first-order chi connectivity index (χ1) is 10.7. The van der Waals surface area contributed by atoms with E-state index in [0.29, 0.717) is 11.3 Å². The fourth-order valence-corrected chi connectivity index (χ4v) is 1.98. The van der Waals surface area contributed by atoms with Crippen molar-refractivity contribution in [2.45, 2.75) is 19.3 Å². The minimum absolute atomic E-state index is 0. The normalized spacial score (nSPS) is 12.0. The third-order valence-electron chi connectivity index (χ3n) is 2.97. The summed E-state index contributed by atoms with van der Waals surface area (Å²) in [5, 5.41) is 0. The first kappa shape index (κ1) is 19.8. The molecule has 0 unspecified atom stereocenters. The lowest BCUT2D eigenvalue weighted by atomic mass is 9.99. The van der Waals surface area contributed by atoms with Crippen LogP contribution < -0.4 is 15.2 Å². The zero-order valence-corrected chi connectivity index (χ0v) is 13.4. The molecule has 4 nitrogen and oxygen atoms in total. The molecular weight excluding hydrogens is 347 g/mol. The second-order valence-corrected chi connectivity index (χ2v) is 4.76. The number of halogens is 4. The SMILES string of the molecule is CC(=O)Oc1ccc([C@@H](N)c2ccc(OC(F)(F)F)cc2)cc1.Cl. The van der Waals surface area contributed by atoms with Gasteiger partial charge in [-0.1, -0.05) is 24.3 Å². The number of hydrogen-bond donors (Lipinski definition) is 1. The zero-order chi connectivity index (χ0) is 17.0. The minimum atomic E-state index is -4.73. The molecule has 0 heterocycles. The molecule has 130 valence electrons. The standard InChI is InChI=1S/C16H14F3NO3.ClH/c1-10(21)22-13-6-2-11(3-7-13)15(20)12-4-8-14(9-5-12)23-16(17,18)19;/h2-9,15H,20H2,1H3;1H/t15-;/m1./s1. The third-order valence-corrected chi connectivity index (χ3v) is 2.97. The molecule has 0 bridgehead atoms. The molecule has 0 radical (unpaired) electrons. The molecule has 0 aliphatic heterocycles. The van der Waals surface area contributed by atoms with Gasteiger partial charge in [-0.05, 0) is 35.4 Å². The van der Waals surface area contributed by atoms with Crippen LogP contribution in [0.25, 0.3) is 0 Å². The maximum absolute atomic E-state index is 12.1. The lowest BCUT2D eigenvalue weighted by Crippen LogP contribution is -2.17. The number of carbonyl (C=O) groups excluding carboxylic acids is 1. The van der Waals surface area contributed by atoms with Crippen LogP contribution in [0.5, 0.6) is 11.5 Å². The first-order valence-electron chi connectivity index (χ1n) is 6.64. The van der Waals surface area contributed by atoms with E-state index in [1.807, 2.05) is 0 Å². The lowest BCUT2D eigenvalue weighted by molar-refractivity contribution is -0.274. The van der Waals surface area contributed by atoms with Crippen LogP contribution >= 0.6 is 12.4 Å². The van der Waals surface area contributed by atoms with Crippen LogP contribution in [0, 0.1) is 0 Å². The molecule has 2 aromatic rings. The van der Waals surface area contributed by atoms with Crippen LogP contribution in [0.3, 0.4) is 0 Å². The second-order valence-electron chi connectivity index (χ2n) is 4.76. The van der Waals surface area contributed by atoms with Crippen molar-refractivity contribution in [3.63, 3.8) is 0 Å². The fourth-order valence-electron chi connectivity index (χ4n) is 1.98. The maximum atomic E-state index is 12.1. The molecule has 8 heteroatoms. The molecule has 0 aliphatic carbocycles. The second kappa shape index (κ2) is 8.03. The van der Waals surface area contributed by atoms with E-state index in [9.17, 15) is 18.0 Å². The summed E-state index contributed by atoms with van der Waals surface area (Å²) in [5.41, 5.74) is 7.43. The molecule has 2 rings (SSSR count). The summed E-state index contributed by atoms with van der Waals surface area (Å²) in [6.07, 6.45) is -4.73. The highest BCUT2D eigenvalue weighted by molar-refractivity contribution is 5.85. The molecular formula is C16H15ClF3NO3. The number of rotatable bonds is 4. The summed E-state index contributed by atoms with van der Waals surface area (Å²) >= 11 is 0. The van der Waals surface area contributed by atoms with Gasteiger partial charge in [-0.25, -0.2) is 0 Å². The monoisotopic (exact) mass is 361 g/mol. The topological polar surface area (TPSA) is 61.5 Å². The Morgan fingerprint density at radius 2 is 1.38 bits per heavy atom. The number of nitrogens with two attached hydrogens (primary N) is 1. The summed E-state index contributed by atoms with van der Waals surface area (Å²) in [5.74, 6) is -0.344. The average Bonchev–Trinajstić information content (AvgIpc) is 2.46. The number of hydrogen-bond acceptors (Lipinski definition) is 4. The van der Waals surface area contributed by atoms with Crippen LogP contribution in [0.4, 0.5) is 13.2 Å². The smallest absolute Gasteiger partial charge is 0.427 e. The lowest BCUT2D eigenvalue weighted by Gasteiger charge is -2.14. The van der Waals surface area contributed by atoms with Crippen LogP contribution in [-0.2, 0) is 4.79 Å². The van der Waals surface area contributed by atoms with Crippen molar-refractivity contribution in [3.8, 4) is 11.5 Å². The highest BCUT2D eigenvalue weighted by Gasteiger charge is 2.31. The molecule has 1 atom stereocenters. The van der Waals surface area contributed by atoms with Crippen molar-refractivity contribution in [3.05, 3.63) is 59.7 Å². The van der Waals surface area contributed by atoms with E-state index in [4.69, 9.17) is 10.5 Å². The maximum Gasteiger partial charge on any atom is 0.573 e. The van der Waals surface area contributed by atoms with Gasteiger partial charge < -0.3 is 15.2 Å². The number of esters is 1. The molecule has 0 spiro atoms. The van der Waals surface area contributed by atoms with Crippen molar-refractivity contribution in [2.24, 2.45) is 5.73 Å². The summed E-state index contributed by atoms with van der Waals surface area (Å²) in [7, 11) is 0. The van der Waals surface area contributed by atoms with E-state index in [1.54, 1.807) is 24.3 Å². The number of ether oxygens (including phenoxy) is 2. The highest BCUT2D eigenvalue weighted by atomic mass is 35.5. The average molecular weight is 362 g/mol. The molecule has 2 aromatic carbocycles. The van der Waals surface area contributed by atoms with Gasteiger partial charge in [0.05, 0.1) is 6.04 Å². The summed E-state index contributed by atoms with van der Waals surface area (Å²) < 4.78 is 45.1. The minimum Gasteiger partial charge on any atom is -0.427 e. The van der Waals surface area contributed by atoms with Gasteiger partial charge in [0.1, 0.15) is 11.5 Å². The van der Waals surface area contributed by atoms with E-state index in [1.165, 1.54) is 31.2 Å². The predicted octanol–water partition coefficient (Wildman–Crippen LogP) is 3.98. The Labute approximate surface area is 142 Å². The summed E-state index contributed by atoms with van der Waals surface area (Å²) in [4.78, 5) is 10.8. The molecule has 0 fully saturated rings. The van der Waals surface area contributed by atoms with Gasteiger partial charge in [0.25, 0.3) is 0 Å². The Balaban J connectivity index is 0.00000288. The summed E-state index contributed by atoms with van der Waals surface area (Å²) in [6.45, 7) is 1.30. The molecule has 24 heavy (non-hydrogen) atoms. The van der Waals surface area contributed by atoms with Gasteiger partial charge in [-0.2, -0.15) is 0 Å². The van der Waals surface area contributed by atoms with Gasteiger partial charge in [0, 0.05) is 6.92 Å². The first-order valence-corrected chi connectivity index (χ1v) is 6.64. The van der Waals surface area contributed by atoms with Crippen molar-refractivity contribution in [1.29, 1.82) is 0 Å². The number of alkyl halides is 3. The van der Waals surface area contributed by atoms with Crippen molar-refractivity contribution in [1.82, 2.24) is 0 Å². The van der Waals surface area contributed by atoms with E-state index in [2.05, 4.69) is 4.74 Å². The van der Waals surface area contributed by atoms with Gasteiger partial charge >= 0.3 is 12.3 Å². The van der Waals surface area contributed by atoms with Crippen LogP contribution in [0.2, 0.25) is 0 Å². The van der Waals surface area contributed by atoms with E-state index < -0.39 is 18.4 Å². The van der Waals surface area contributed by atoms with Gasteiger partial charge in [-0.15, -0.1) is 25.6 Å². The molecule has 2 N–H and O–H groups in total. The van der Waals surface area contributed by atoms with Gasteiger partial charge in [0.15, 0.2) is 0 Å². The highest BCUT2D eigenvalue weighted by Crippen LogP contribution is 2.26. The van der Waals surface area contributed by atoms with Crippen LogP contribution in [0.1, 0.15) is 24.1 Å². The summed E-state index contributed by atoms with van der Waals surface area (Å²) in [6, 6.07) is 11.4. The number of carbonyl (C=O) groups is 1. The molecule has 0 amide bonds. The van der Waals surface area contributed by atoms with Gasteiger partial charge in [-0.3, -0.25) is 4.79 Å². The molecule has 0 saturated heterocycles. The largest absolute Gasteiger partial charge is 0.573 e. The van der Waals surface area contributed by atoms with Crippen molar-refractivity contribution >= 4 is 18.4 Å². The van der Waals surface area contributed by atoms with E-state index in [0.717, 1.165) is 5.56 Å². The van der Waals surface area contributed by atoms with Crippen LogP contribution in [-0.4, -0.2) is 12.3 Å². The third kappa shape index (κ3) is 5.75. The zero-order valence-electron chi connectivity index (χ0n) is 12.5. The Morgan fingerprint density at radius 3 is 1.75 bits per heavy atom. The molecule has 0 aliphatic rings. The van der Waals surface area contributed by atoms with E-state index >= 15 is 0 Å². The van der Waals surface area contributed by atoms with E-state index in [-0.39, 0.29) is 18.2 Å². The Hall–Kier alpha value is -2.25. The molecule has 0 aromatic heterocycles. The van der Waals surface area contributed by atoms with Gasteiger partial charge in [0.2, 0.25) is 0 Å².